The maximum Gasteiger partial charge on any atom is 0.348 e. The van der Waals surface area contributed by atoms with Crippen molar-refractivity contribution < 1.29 is 9.53 Å². The lowest BCUT2D eigenvalue weighted by atomic mass is 9.97. The molecule has 0 saturated carbocycles. The molecule has 1 fully saturated rings. The molecule has 0 atom stereocenters. The summed E-state index contributed by atoms with van der Waals surface area (Å²) in [5, 5.41) is 0.691. The smallest absolute Gasteiger partial charge is 0.348 e. The zero-order valence-electron chi connectivity index (χ0n) is 13.8. The van der Waals surface area contributed by atoms with Crippen LogP contribution >= 0.6 is 11.8 Å². The summed E-state index contributed by atoms with van der Waals surface area (Å²) < 4.78 is 7.20. The normalized spacial score (nSPS) is 18.3. The van der Waals surface area contributed by atoms with Crippen molar-refractivity contribution in [2.45, 2.75) is 37.3 Å². The van der Waals surface area contributed by atoms with Crippen molar-refractivity contribution in [2.75, 3.05) is 38.6 Å². The summed E-state index contributed by atoms with van der Waals surface area (Å²) in [5.41, 5.74) is 7.25. The molecule has 1 saturated heterocycles. The summed E-state index contributed by atoms with van der Waals surface area (Å²) >= 11 is 1.29. The van der Waals surface area contributed by atoms with Gasteiger partial charge in [-0.05, 0) is 25.7 Å². The lowest BCUT2D eigenvalue weighted by Crippen LogP contribution is -2.40. The molecule has 1 aliphatic carbocycles. The molecule has 1 aromatic heterocycles. The molecule has 8 heteroatoms. The fourth-order valence-electron chi connectivity index (χ4n) is 3.30. The highest BCUT2D eigenvalue weighted by molar-refractivity contribution is 7.99. The van der Waals surface area contributed by atoms with Gasteiger partial charge in [-0.1, -0.05) is 11.8 Å². The highest BCUT2D eigenvalue weighted by Gasteiger charge is 2.21. The van der Waals surface area contributed by atoms with Gasteiger partial charge in [-0.25, -0.2) is 4.79 Å². The van der Waals surface area contributed by atoms with Crippen LogP contribution in [0.2, 0.25) is 0 Å². The number of hydrogen-bond acceptors (Lipinski definition) is 6. The summed E-state index contributed by atoms with van der Waals surface area (Å²) in [7, 11) is 0. The Bertz CT molecular complexity index is 655. The minimum atomic E-state index is -0.386. The number of thioether (sulfide) groups is 1. The highest BCUT2D eigenvalue weighted by Crippen LogP contribution is 2.28. The lowest BCUT2D eigenvalue weighted by Gasteiger charge is -2.28. The zero-order chi connectivity index (χ0) is 16.9. The molecular weight excluding hydrogens is 328 g/mol. The number of nitrogens with zero attached hydrogens (tertiary/aromatic N) is 3. The van der Waals surface area contributed by atoms with Crippen LogP contribution in [0.15, 0.2) is 9.82 Å². The van der Waals surface area contributed by atoms with Crippen LogP contribution in [0.25, 0.3) is 0 Å². The fraction of sp³-hybridized carbons (Fsp3) is 0.688. The summed E-state index contributed by atoms with van der Waals surface area (Å²) in [6, 6.07) is 0. The molecule has 2 aliphatic rings. The van der Waals surface area contributed by atoms with Crippen LogP contribution < -0.4 is 11.4 Å². The standard InChI is InChI=1S/C16H24N4O3S/c17-14(21)11-24-15-12-3-1-2-4-13(12)20(16(22)18-15)6-5-19-7-9-23-10-8-19/h1-11H2,(H2,17,21). The lowest BCUT2D eigenvalue weighted by molar-refractivity contribution is -0.115. The first-order valence-electron chi connectivity index (χ1n) is 8.49. The van der Waals surface area contributed by atoms with Crippen molar-refractivity contribution in [3.63, 3.8) is 0 Å². The Kier molecular flexibility index (Phi) is 5.91. The largest absolute Gasteiger partial charge is 0.379 e. The molecule has 0 bridgehead atoms. The third-order valence-corrected chi connectivity index (χ3v) is 5.59. The number of amides is 1. The molecular formula is C16H24N4O3S. The van der Waals surface area contributed by atoms with Gasteiger partial charge in [0, 0.05) is 37.4 Å². The van der Waals surface area contributed by atoms with Crippen LogP contribution in [0, 0.1) is 0 Å². The summed E-state index contributed by atoms with van der Waals surface area (Å²) in [6.45, 7) is 4.84. The van der Waals surface area contributed by atoms with E-state index in [1.54, 1.807) is 0 Å². The van der Waals surface area contributed by atoms with Crippen LogP contribution in [-0.4, -0.2) is 59.0 Å². The molecule has 1 amide bonds. The number of aromatic nitrogens is 2. The predicted octanol–water partition coefficient (Wildman–Crippen LogP) is 0.0317. The quantitative estimate of drug-likeness (QED) is 0.574. The van der Waals surface area contributed by atoms with E-state index in [1.807, 2.05) is 4.57 Å². The van der Waals surface area contributed by atoms with E-state index in [0.29, 0.717) is 11.6 Å². The molecule has 2 N–H and O–H groups in total. The Morgan fingerprint density at radius 1 is 1.21 bits per heavy atom. The van der Waals surface area contributed by atoms with Crippen LogP contribution in [0.1, 0.15) is 24.1 Å². The van der Waals surface area contributed by atoms with E-state index in [0.717, 1.165) is 69.8 Å². The van der Waals surface area contributed by atoms with Crippen LogP contribution in [-0.2, 0) is 28.9 Å². The van der Waals surface area contributed by atoms with Crippen molar-refractivity contribution in [3.05, 3.63) is 21.7 Å². The SMILES string of the molecule is NC(=O)CSc1nc(=O)n(CCN2CCOCC2)c2c1CCCC2. The Morgan fingerprint density at radius 3 is 2.71 bits per heavy atom. The summed E-state index contributed by atoms with van der Waals surface area (Å²) in [5.74, 6) is -0.223. The summed E-state index contributed by atoms with van der Waals surface area (Å²) in [4.78, 5) is 30.1. The highest BCUT2D eigenvalue weighted by atomic mass is 32.2. The molecule has 3 rings (SSSR count). The summed E-state index contributed by atoms with van der Waals surface area (Å²) in [6.07, 6.45) is 4.01. The molecule has 24 heavy (non-hydrogen) atoms. The van der Waals surface area contributed by atoms with Crippen molar-refractivity contribution in [1.82, 2.24) is 14.5 Å². The van der Waals surface area contributed by atoms with E-state index in [-0.39, 0.29) is 17.3 Å². The Morgan fingerprint density at radius 2 is 1.96 bits per heavy atom. The Hall–Kier alpha value is -1.38. The van der Waals surface area contributed by atoms with Gasteiger partial charge < -0.3 is 10.5 Å². The van der Waals surface area contributed by atoms with E-state index in [2.05, 4.69) is 9.88 Å². The second-order valence-corrected chi connectivity index (χ2v) is 7.16. The van der Waals surface area contributed by atoms with Gasteiger partial charge in [0.25, 0.3) is 0 Å². The van der Waals surface area contributed by atoms with E-state index >= 15 is 0 Å². The van der Waals surface area contributed by atoms with Crippen LogP contribution in [0.3, 0.4) is 0 Å². The average Bonchev–Trinajstić information content (AvgIpc) is 2.60. The van der Waals surface area contributed by atoms with Crippen molar-refractivity contribution >= 4 is 17.7 Å². The average molecular weight is 352 g/mol. The molecule has 7 nitrogen and oxygen atoms in total. The number of nitrogens with two attached hydrogens (primary N) is 1. The minimum Gasteiger partial charge on any atom is -0.379 e. The molecule has 0 radical (unpaired) electrons. The van der Waals surface area contributed by atoms with Crippen molar-refractivity contribution in [2.24, 2.45) is 5.73 Å². The van der Waals surface area contributed by atoms with Gasteiger partial charge in [0.1, 0.15) is 5.03 Å². The van der Waals surface area contributed by atoms with Gasteiger partial charge >= 0.3 is 5.69 Å². The van der Waals surface area contributed by atoms with E-state index in [1.165, 1.54) is 11.8 Å². The number of hydrogen-bond donors (Lipinski definition) is 1. The van der Waals surface area contributed by atoms with Gasteiger partial charge in [-0.2, -0.15) is 4.98 Å². The van der Waals surface area contributed by atoms with Gasteiger partial charge in [-0.3, -0.25) is 14.3 Å². The fourth-order valence-corrected chi connectivity index (χ4v) is 4.12. The number of carbonyl (C=O) groups is 1. The second kappa shape index (κ2) is 8.13. The molecule has 0 spiro atoms. The maximum atomic E-state index is 12.5. The number of fused-ring (bicyclic) bond motifs is 1. The van der Waals surface area contributed by atoms with Gasteiger partial charge in [0.05, 0.1) is 19.0 Å². The number of rotatable bonds is 6. The van der Waals surface area contributed by atoms with Crippen molar-refractivity contribution in [1.29, 1.82) is 0 Å². The molecule has 132 valence electrons. The maximum absolute atomic E-state index is 12.5. The number of carbonyl (C=O) groups excluding carboxylic acids is 1. The van der Waals surface area contributed by atoms with Crippen molar-refractivity contribution in [3.8, 4) is 0 Å². The molecule has 2 heterocycles. The first-order chi connectivity index (χ1) is 11.6. The van der Waals surface area contributed by atoms with Gasteiger partial charge in [0.2, 0.25) is 5.91 Å². The van der Waals surface area contributed by atoms with Crippen LogP contribution in [0.5, 0.6) is 0 Å². The topological polar surface area (TPSA) is 90.5 Å². The molecule has 0 unspecified atom stereocenters. The number of morpholine rings is 1. The van der Waals surface area contributed by atoms with E-state index in [9.17, 15) is 9.59 Å². The number of ether oxygens (including phenoxy) is 1. The third-order valence-electron chi connectivity index (χ3n) is 4.55. The molecule has 1 aliphatic heterocycles. The van der Waals surface area contributed by atoms with Gasteiger partial charge in [0.15, 0.2) is 0 Å². The van der Waals surface area contributed by atoms with E-state index < -0.39 is 0 Å². The second-order valence-electron chi connectivity index (χ2n) is 6.19. The molecule has 1 aromatic rings. The third kappa shape index (κ3) is 4.17. The number of primary amides is 1. The van der Waals surface area contributed by atoms with Crippen LogP contribution in [0.4, 0.5) is 0 Å². The monoisotopic (exact) mass is 352 g/mol. The van der Waals surface area contributed by atoms with E-state index in [4.69, 9.17) is 10.5 Å². The first-order valence-corrected chi connectivity index (χ1v) is 9.47. The zero-order valence-corrected chi connectivity index (χ0v) is 14.6. The van der Waals surface area contributed by atoms with Gasteiger partial charge in [-0.15, -0.1) is 0 Å². The predicted molar refractivity (Wildman–Crippen MR) is 92.3 cm³/mol. The Balaban J connectivity index is 1.80. The molecule has 0 aromatic carbocycles. The minimum absolute atomic E-state index is 0.163. The first kappa shape index (κ1) is 17.4. The Labute approximate surface area is 145 Å².